The Morgan fingerprint density at radius 1 is 1.50 bits per heavy atom. The summed E-state index contributed by atoms with van der Waals surface area (Å²) >= 11 is 0. The van der Waals surface area contributed by atoms with E-state index in [-0.39, 0.29) is 17.5 Å². The summed E-state index contributed by atoms with van der Waals surface area (Å²) in [6.07, 6.45) is 4.60. The Labute approximate surface area is 108 Å². The van der Waals surface area contributed by atoms with Crippen LogP contribution in [0.15, 0.2) is 23.2 Å². The van der Waals surface area contributed by atoms with Gasteiger partial charge in [-0.05, 0) is 30.9 Å². The number of hydrogen-bond donors (Lipinski definition) is 2. The van der Waals surface area contributed by atoms with E-state index in [2.05, 4.69) is 16.6 Å². The fourth-order valence-corrected chi connectivity index (χ4v) is 3.98. The van der Waals surface area contributed by atoms with Crippen LogP contribution in [0, 0.1) is 5.92 Å². The predicted molar refractivity (Wildman–Crippen MR) is 69.3 cm³/mol. The maximum Gasteiger partial charge on any atom is 0.242 e. The Morgan fingerprint density at radius 3 is 2.89 bits per heavy atom. The largest absolute Gasteiger partial charge is 0.325 e. The van der Waals surface area contributed by atoms with Crippen LogP contribution < -0.4 is 10.5 Å². The van der Waals surface area contributed by atoms with Gasteiger partial charge in [-0.1, -0.05) is 13.3 Å². The number of hydrogen-bond acceptors (Lipinski definition) is 4. The van der Waals surface area contributed by atoms with Gasteiger partial charge in [0.05, 0.1) is 5.69 Å². The molecule has 0 aliphatic heterocycles. The first-order chi connectivity index (χ1) is 8.54. The van der Waals surface area contributed by atoms with Gasteiger partial charge in [-0.3, -0.25) is 4.98 Å². The lowest BCUT2D eigenvalue weighted by atomic mass is 10.1. The summed E-state index contributed by atoms with van der Waals surface area (Å²) < 4.78 is 27.4. The molecule has 1 heterocycles. The van der Waals surface area contributed by atoms with Gasteiger partial charge in [-0.2, -0.15) is 0 Å². The maximum absolute atomic E-state index is 12.3. The van der Waals surface area contributed by atoms with Gasteiger partial charge in [-0.25, -0.2) is 13.1 Å². The predicted octanol–water partition coefficient (Wildman–Crippen LogP) is 1.01. The Morgan fingerprint density at radius 2 is 2.28 bits per heavy atom. The van der Waals surface area contributed by atoms with E-state index in [0.29, 0.717) is 11.6 Å². The molecule has 0 saturated heterocycles. The Balaban J connectivity index is 2.25. The number of aromatic nitrogens is 1. The minimum Gasteiger partial charge on any atom is -0.325 e. The highest BCUT2D eigenvalue weighted by Crippen LogP contribution is 2.26. The van der Waals surface area contributed by atoms with E-state index in [9.17, 15) is 8.42 Å². The Bertz CT molecular complexity index is 516. The molecule has 0 spiro atoms. The van der Waals surface area contributed by atoms with Crippen molar-refractivity contribution in [2.45, 2.75) is 43.7 Å². The number of nitrogens with two attached hydrogens (primary N) is 1. The standard InChI is InChI=1S/C12H19N3O2S/c1-9-4-2-5-10(9)15-18(16,17)12-6-3-7-14-11(12)8-13/h3,6-7,9-10,15H,2,4-5,8,13H2,1H3. The third-order valence-electron chi connectivity index (χ3n) is 3.50. The van der Waals surface area contributed by atoms with Crippen LogP contribution in [-0.2, 0) is 16.6 Å². The fourth-order valence-electron chi connectivity index (χ4n) is 2.40. The highest BCUT2D eigenvalue weighted by Gasteiger charge is 2.29. The van der Waals surface area contributed by atoms with Crippen LogP contribution in [-0.4, -0.2) is 19.4 Å². The molecule has 0 radical (unpaired) electrons. The van der Waals surface area contributed by atoms with E-state index >= 15 is 0 Å². The van der Waals surface area contributed by atoms with E-state index in [1.807, 2.05) is 0 Å². The van der Waals surface area contributed by atoms with Gasteiger partial charge in [0.25, 0.3) is 0 Å². The molecular weight excluding hydrogens is 250 g/mol. The molecule has 1 aliphatic carbocycles. The molecular formula is C12H19N3O2S. The quantitative estimate of drug-likeness (QED) is 0.854. The van der Waals surface area contributed by atoms with Gasteiger partial charge in [0.1, 0.15) is 4.90 Å². The summed E-state index contributed by atoms with van der Waals surface area (Å²) in [5, 5.41) is 0. The highest BCUT2D eigenvalue weighted by molar-refractivity contribution is 7.89. The average Bonchev–Trinajstić information content (AvgIpc) is 2.74. The Hall–Kier alpha value is -0.980. The molecule has 3 N–H and O–H groups in total. The first-order valence-electron chi connectivity index (χ1n) is 6.21. The first kappa shape index (κ1) is 13.5. The molecule has 0 aromatic carbocycles. The van der Waals surface area contributed by atoms with Crippen LogP contribution in [0.5, 0.6) is 0 Å². The van der Waals surface area contributed by atoms with E-state index in [0.717, 1.165) is 19.3 Å². The molecule has 1 saturated carbocycles. The van der Waals surface area contributed by atoms with Gasteiger partial charge in [-0.15, -0.1) is 0 Å². The zero-order chi connectivity index (χ0) is 13.2. The molecule has 1 aliphatic rings. The molecule has 2 rings (SSSR count). The third kappa shape index (κ3) is 2.71. The summed E-state index contributed by atoms with van der Waals surface area (Å²) in [6, 6.07) is 3.20. The van der Waals surface area contributed by atoms with Crippen molar-refractivity contribution in [3.05, 3.63) is 24.0 Å². The van der Waals surface area contributed by atoms with Crippen molar-refractivity contribution in [3.63, 3.8) is 0 Å². The van der Waals surface area contributed by atoms with E-state index in [1.165, 1.54) is 0 Å². The molecule has 0 bridgehead atoms. The van der Waals surface area contributed by atoms with Crippen molar-refractivity contribution in [1.29, 1.82) is 0 Å². The zero-order valence-corrected chi connectivity index (χ0v) is 11.3. The third-order valence-corrected chi connectivity index (χ3v) is 5.06. The van der Waals surface area contributed by atoms with Crippen LogP contribution in [0.3, 0.4) is 0 Å². The van der Waals surface area contributed by atoms with Crippen LogP contribution in [0.4, 0.5) is 0 Å². The molecule has 100 valence electrons. The van der Waals surface area contributed by atoms with Crippen molar-refractivity contribution < 1.29 is 8.42 Å². The van der Waals surface area contributed by atoms with Gasteiger partial charge in [0.15, 0.2) is 0 Å². The van der Waals surface area contributed by atoms with E-state index in [1.54, 1.807) is 18.3 Å². The fraction of sp³-hybridized carbons (Fsp3) is 0.583. The summed E-state index contributed by atoms with van der Waals surface area (Å²) in [6.45, 7) is 2.20. The summed E-state index contributed by atoms with van der Waals surface area (Å²) in [7, 11) is -3.51. The second kappa shape index (κ2) is 5.34. The van der Waals surface area contributed by atoms with Crippen molar-refractivity contribution >= 4 is 10.0 Å². The van der Waals surface area contributed by atoms with Gasteiger partial charge < -0.3 is 5.73 Å². The van der Waals surface area contributed by atoms with E-state index < -0.39 is 10.0 Å². The number of nitrogens with one attached hydrogen (secondary N) is 1. The van der Waals surface area contributed by atoms with Gasteiger partial charge >= 0.3 is 0 Å². The van der Waals surface area contributed by atoms with Crippen molar-refractivity contribution in [1.82, 2.24) is 9.71 Å². The number of nitrogens with zero attached hydrogens (tertiary/aromatic N) is 1. The maximum atomic E-state index is 12.3. The van der Waals surface area contributed by atoms with Crippen LogP contribution in [0.2, 0.25) is 0 Å². The van der Waals surface area contributed by atoms with Crippen molar-refractivity contribution in [2.24, 2.45) is 11.7 Å². The molecule has 1 aromatic rings. The Kier molecular flexibility index (Phi) is 3.99. The average molecular weight is 269 g/mol. The minimum absolute atomic E-state index is 0.0285. The van der Waals surface area contributed by atoms with Crippen molar-refractivity contribution in [2.75, 3.05) is 0 Å². The molecule has 5 nitrogen and oxygen atoms in total. The number of sulfonamides is 1. The monoisotopic (exact) mass is 269 g/mol. The second-order valence-corrected chi connectivity index (χ2v) is 6.47. The lowest BCUT2D eigenvalue weighted by Crippen LogP contribution is -2.37. The normalized spacial score (nSPS) is 24.3. The molecule has 1 fully saturated rings. The summed E-state index contributed by atoms with van der Waals surface area (Å²) in [4.78, 5) is 4.21. The van der Waals surface area contributed by atoms with Crippen molar-refractivity contribution in [3.8, 4) is 0 Å². The molecule has 2 atom stereocenters. The minimum atomic E-state index is -3.51. The summed E-state index contributed by atoms with van der Waals surface area (Å²) in [5.41, 5.74) is 5.94. The number of rotatable bonds is 4. The molecule has 1 aromatic heterocycles. The van der Waals surface area contributed by atoms with Crippen LogP contribution >= 0.6 is 0 Å². The van der Waals surface area contributed by atoms with Gasteiger partial charge in [0.2, 0.25) is 10.0 Å². The zero-order valence-electron chi connectivity index (χ0n) is 10.5. The second-order valence-electron chi connectivity index (χ2n) is 4.79. The first-order valence-corrected chi connectivity index (χ1v) is 7.69. The van der Waals surface area contributed by atoms with Gasteiger partial charge in [0, 0.05) is 18.8 Å². The molecule has 2 unspecified atom stereocenters. The summed E-state index contributed by atoms with van der Waals surface area (Å²) in [5.74, 6) is 0.387. The topological polar surface area (TPSA) is 85.1 Å². The lowest BCUT2D eigenvalue weighted by molar-refractivity contribution is 0.476. The molecule has 0 amide bonds. The lowest BCUT2D eigenvalue weighted by Gasteiger charge is -2.18. The van der Waals surface area contributed by atoms with Crippen LogP contribution in [0.25, 0.3) is 0 Å². The SMILES string of the molecule is CC1CCCC1NS(=O)(=O)c1cccnc1CN. The highest BCUT2D eigenvalue weighted by atomic mass is 32.2. The molecule has 6 heteroatoms. The smallest absolute Gasteiger partial charge is 0.242 e. The molecule has 18 heavy (non-hydrogen) atoms. The number of pyridine rings is 1. The van der Waals surface area contributed by atoms with Crippen LogP contribution in [0.1, 0.15) is 31.9 Å². The van der Waals surface area contributed by atoms with E-state index in [4.69, 9.17) is 5.73 Å².